The lowest BCUT2D eigenvalue weighted by atomic mass is 10.0. The first kappa shape index (κ1) is 29.5. The van der Waals surface area contributed by atoms with Gasteiger partial charge < -0.3 is 9.47 Å². The Balaban J connectivity index is 1.04. The molecule has 2 heteroatoms. The molecule has 0 N–H and O–H groups in total. The van der Waals surface area contributed by atoms with Crippen molar-refractivity contribution in [2.75, 3.05) is 4.90 Å². The monoisotopic (exact) mass is 638 g/mol. The van der Waals surface area contributed by atoms with E-state index in [1.807, 2.05) is 0 Å². The zero-order valence-corrected chi connectivity index (χ0v) is 27.5. The van der Waals surface area contributed by atoms with Crippen LogP contribution in [0.25, 0.3) is 60.7 Å². The largest absolute Gasteiger partial charge is 0.317 e. The van der Waals surface area contributed by atoms with Crippen LogP contribution in [0.3, 0.4) is 0 Å². The third kappa shape index (κ3) is 5.63. The summed E-state index contributed by atoms with van der Waals surface area (Å²) >= 11 is 0. The van der Waals surface area contributed by atoms with Gasteiger partial charge in [-0.3, -0.25) is 0 Å². The molecule has 0 saturated carbocycles. The van der Waals surface area contributed by atoms with Gasteiger partial charge in [-0.25, -0.2) is 0 Å². The van der Waals surface area contributed by atoms with E-state index in [9.17, 15) is 0 Å². The fourth-order valence-electron chi connectivity index (χ4n) is 6.98. The van der Waals surface area contributed by atoms with Crippen LogP contribution in [0.2, 0.25) is 0 Å². The van der Waals surface area contributed by atoms with Gasteiger partial charge >= 0.3 is 0 Å². The van der Waals surface area contributed by atoms with Gasteiger partial charge in [0.25, 0.3) is 0 Å². The summed E-state index contributed by atoms with van der Waals surface area (Å²) in [5.41, 5.74) is 12.9. The number of para-hydroxylation sites is 1. The van der Waals surface area contributed by atoms with E-state index in [4.69, 9.17) is 0 Å². The Bertz CT molecular complexity index is 2540. The van der Waals surface area contributed by atoms with Crippen molar-refractivity contribution in [2.24, 2.45) is 0 Å². The lowest BCUT2D eigenvalue weighted by Crippen LogP contribution is -2.09. The molecule has 0 spiro atoms. The maximum Gasteiger partial charge on any atom is 0.0528 e. The van der Waals surface area contributed by atoms with Crippen molar-refractivity contribution in [2.45, 2.75) is 0 Å². The Morgan fingerprint density at radius 3 is 1.34 bits per heavy atom. The van der Waals surface area contributed by atoms with Crippen LogP contribution in [0, 0.1) is 0 Å². The molecule has 50 heavy (non-hydrogen) atoms. The molecule has 0 atom stereocenters. The molecular weight excluding hydrogens is 605 g/mol. The van der Waals surface area contributed by atoms with E-state index in [0.717, 1.165) is 22.7 Å². The SMILES string of the molecule is c1ccc(-c2ccc(N(c3ccc(-c4ccc(-n5ccc6ccccc65)cc4)cc3)c3ccc(-c4ccc5ccccc5c4)cc3)cc2)cc1. The zero-order chi connectivity index (χ0) is 33.3. The first-order chi connectivity index (χ1) is 24.8. The summed E-state index contributed by atoms with van der Waals surface area (Å²) < 4.78 is 2.24. The molecule has 0 fully saturated rings. The Morgan fingerprint density at radius 2 is 0.740 bits per heavy atom. The Morgan fingerprint density at radius 1 is 0.300 bits per heavy atom. The molecule has 0 unspecified atom stereocenters. The van der Waals surface area contributed by atoms with Crippen LogP contribution >= 0.6 is 0 Å². The minimum Gasteiger partial charge on any atom is -0.317 e. The van der Waals surface area contributed by atoms with Gasteiger partial charge in [-0.05, 0) is 116 Å². The predicted molar refractivity (Wildman–Crippen MR) is 212 cm³/mol. The maximum atomic E-state index is 2.34. The van der Waals surface area contributed by atoms with Gasteiger partial charge in [0.05, 0.1) is 5.52 Å². The van der Waals surface area contributed by atoms with Crippen molar-refractivity contribution < 1.29 is 0 Å². The minimum atomic E-state index is 1.11. The average Bonchev–Trinajstić information content (AvgIpc) is 3.63. The van der Waals surface area contributed by atoms with E-state index in [-0.39, 0.29) is 0 Å². The molecule has 9 aromatic rings. The Hall–Kier alpha value is -6.64. The van der Waals surface area contributed by atoms with Crippen molar-refractivity contribution >= 4 is 38.7 Å². The molecule has 0 aliphatic heterocycles. The smallest absolute Gasteiger partial charge is 0.0528 e. The van der Waals surface area contributed by atoms with Gasteiger partial charge in [-0.15, -0.1) is 0 Å². The number of hydrogen-bond acceptors (Lipinski definition) is 1. The zero-order valence-electron chi connectivity index (χ0n) is 27.5. The second kappa shape index (κ2) is 12.8. The molecule has 0 amide bonds. The molecule has 0 aliphatic carbocycles. The van der Waals surface area contributed by atoms with Crippen LogP contribution in [0.1, 0.15) is 0 Å². The summed E-state index contributed by atoms with van der Waals surface area (Å²) in [7, 11) is 0. The van der Waals surface area contributed by atoms with Gasteiger partial charge in [-0.2, -0.15) is 0 Å². The number of hydrogen-bond donors (Lipinski definition) is 0. The van der Waals surface area contributed by atoms with E-state index in [1.165, 1.54) is 55.1 Å². The number of rotatable bonds is 7. The fraction of sp³-hybridized carbons (Fsp3) is 0. The first-order valence-electron chi connectivity index (χ1n) is 17.1. The second-order valence-corrected chi connectivity index (χ2v) is 12.7. The van der Waals surface area contributed by atoms with Gasteiger partial charge in [0, 0.05) is 28.9 Å². The summed E-state index contributed by atoms with van der Waals surface area (Å²) in [6, 6.07) is 72.0. The molecular formula is C48H34N2. The number of benzene rings is 8. The summed E-state index contributed by atoms with van der Waals surface area (Å²) in [6.45, 7) is 0. The van der Waals surface area contributed by atoms with Gasteiger partial charge in [0.1, 0.15) is 0 Å². The lowest BCUT2D eigenvalue weighted by Gasteiger charge is -2.26. The van der Waals surface area contributed by atoms with E-state index in [2.05, 4.69) is 216 Å². The number of fused-ring (bicyclic) bond motifs is 2. The molecule has 0 radical (unpaired) electrons. The minimum absolute atomic E-state index is 1.11. The molecule has 8 aromatic carbocycles. The van der Waals surface area contributed by atoms with Crippen LogP contribution in [0.5, 0.6) is 0 Å². The predicted octanol–water partition coefficient (Wildman–Crippen LogP) is 13.3. The third-order valence-electron chi connectivity index (χ3n) is 9.64. The van der Waals surface area contributed by atoms with Crippen LogP contribution in [0.15, 0.2) is 206 Å². The van der Waals surface area contributed by atoms with Crippen LogP contribution in [-0.2, 0) is 0 Å². The maximum absolute atomic E-state index is 2.34. The quantitative estimate of drug-likeness (QED) is 0.169. The van der Waals surface area contributed by atoms with E-state index in [1.54, 1.807) is 0 Å². The molecule has 9 rings (SSSR count). The van der Waals surface area contributed by atoms with Crippen molar-refractivity contribution in [1.82, 2.24) is 4.57 Å². The van der Waals surface area contributed by atoms with Crippen molar-refractivity contribution in [3.63, 3.8) is 0 Å². The van der Waals surface area contributed by atoms with E-state index in [0.29, 0.717) is 0 Å². The molecule has 1 aromatic heterocycles. The standard InChI is InChI=1S/C48H34N2/c1-2-8-35(9-3-1)37-18-26-45(27-19-37)50(47-30-22-40(23-31-47)43-15-14-36-10-4-5-12-42(36)34-43)46-28-20-39(21-29-46)38-16-24-44(25-17-38)49-33-32-41-11-6-7-13-48(41)49/h1-34H. The van der Waals surface area contributed by atoms with Crippen LogP contribution < -0.4 is 4.90 Å². The molecule has 0 aliphatic rings. The van der Waals surface area contributed by atoms with Crippen molar-refractivity contribution in [1.29, 1.82) is 0 Å². The lowest BCUT2D eigenvalue weighted by molar-refractivity contribution is 1.13. The van der Waals surface area contributed by atoms with Gasteiger partial charge in [0.15, 0.2) is 0 Å². The third-order valence-corrected chi connectivity index (χ3v) is 9.64. The topological polar surface area (TPSA) is 8.17 Å². The first-order valence-corrected chi connectivity index (χ1v) is 17.1. The van der Waals surface area contributed by atoms with Crippen molar-refractivity contribution in [3.8, 4) is 39.1 Å². The highest BCUT2D eigenvalue weighted by molar-refractivity contribution is 5.88. The molecule has 2 nitrogen and oxygen atoms in total. The van der Waals surface area contributed by atoms with Crippen LogP contribution in [-0.4, -0.2) is 4.57 Å². The van der Waals surface area contributed by atoms with Crippen LogP contribution in [0.4, 0.5) is 17.1 Å². The Kier molecular flexibility index (Phi) is 7.53. The summed E-state index contributed by atoms with van der Waals surface area (Å²) in [6.07, 6.45) is 2.14. The highest BCUT2D eigenvalue weighted by Gasteiger charge is 2.14. The molecule has 1 heterocycles. The average molecular weight is 639 g/mol. The van der Waals surface area contributed by atoms with E-state index >= 15 is 0 Å². The number of aromatic nitrogens is 1. The molecule has 0 bridgehead atoms. The van der Waals surface area contributed by atoms with Crippen molar-refractivity contribution in [3.05, 3.63) is 206 Å². The summed E-state index contributed by atoms with van der Waals surface area (Å²) in [5, 5.41) is 3.75. The van der Waals surface area contributed by atoms with Gasteiger partial charge in [0.2, 0.25) is 0 Å². The molecule has 0 saturated heterocycles. The second-order valence-electron chi connectivity index (χ2n) is 12.7. The number of anilines is 3. The molecule has 236 valence electrons. The Labute approximate surface area is 292 Å². The van der Waals surface area contributed by atoms with E-state index < -0.39 is 0 Å². The van der Waals surface area contributed by atoms with Gasteiger partial charge in [-0.1, -0.05) is 133 Å². The highest BCUT2D eigenvalue weighted by Crippen LogP contribution is 2.38. The summed E-state index contributed by atoms with van der Waals surface area (Å²) in [4.78, 5) is 2.34. The normalized spacial score (nSPS) is 11.2. The highest BCUT2D eigenvalue weighted by atomic mass is 15.1. The number of nitrogens with zero attached hydrogens (tertiary/aromatic N) is 2. The summed E-state index contributed by atoms with van der Waals surface area (Å²) in [5.74, 6) is 0. The fourth-order valence-corrected chi connectivity index (χ4v) is 6.98.